The van der Waals surface area contributed by atoms with Gasteiger partial charge in [-0.2, -0.15) is 5.26 Å². The minimum Gasteiger partial charge on any atom is -0.495 e. The first-order valence-electron chi connectivity index (χ1n) is 8.92. The highest BCUT2D eigenvalue weighted by atomic mass is 16.6. The molecule has 0 aliphatic heterocycles. The highest BCUT2D eigenvalue weighted by Gasteiger charge is 2.17. The Morgan fingerprint density at radius 1 is 1.09 bits per heavy atom. The maximum absolute atomic E-state index is 12.5. The van der Waals surface area contributed by atoms with Gasteiger partial charge in [0.25, 0.3) is 17.3 Å². The number of nitrogens with one attached hydrogen (secondary N) is 1. The molecule has 0 fully saturated rings. The third-order valence-electron chi connectivity index (χ3n) is 4.26. The number of non-ortho nitro benzene ring substituents is 2. The van der Waals surface area contributed by atoms with Crippen molar-refractivity contribution >= 4 is 29.0 Å². The van der Waals surface area contributed by atoms with Crippen LogP contribution in [-0.4, -0.2) is 22.9 Å². The quantitative estimate of drug-likeness (QED) is 0.249. The monoisotopic (exact) mass is 434 g/mol. The number of anilines is 1. The number of nitrogens with zero attached hydrogens (tertiary/aromatic N) is 3. The van der Waals surface area contributed by atoms with Crippen molar-refractivity contribution in [1.82, 2.24) is 0 Å². The van der Waals surface area contributed by atoms with Crippen molar-refractivity contribution in [3.05, 3.63) is 86.2 Å². The molecular weight excluding hydrogens is 420 g/mol. The summed E-state index contributed by atoms with van der Waals surface area (Å²) >= 11 is 0. The van der Waals surface area contributed by atoms with Crippen molar-refractivity contribution in [3.8, 4) is 23.1 Å². The van der Waals surface area contributed by atoms with Gasteiger partial charge in [0.15, 0.2) is 0 Å². The van der Waals surface area contributed by atoms with Crippen molar-refractivity contribution in [2.24, 2.45) is 0 Å². The molecule has 0 aliphatic carbocycles. The zero-order valence-electron chi connectivity index (χ0n) is 16.5. The third kappa shape index (κ3) is 4.77. The maximum atomic E-state index is 12.5. The van der Waals surface area contributed by atoms with E-state index in [1.54, 1.807) is 18.2 Å². The molecule has 0 saturated carbocycles. The smallest absolute Gasteiger partial charge is 0.271 e. The molecule has 0 bridgehead atoms. The minimum absolute atomic E-state index is 0.0181. The fourth-order valence-electron chi connectivity index (χ4n) is 2.75. The van der Waals surface area contributed by atoms with E-state index in [0.717, 1.165) is 6.07 Å². The van der Waals surface area contributed by atoms with Crippen LogP contribution < -0.4 is 10.1 Å². The molecule has 0 unspecified atom stereocenters. The molecule has 1 N–H and O–H groups in total. The minimum atomic E-state index is -0.834. The molecule has 3 aromatic rings. The topological polar surface area (TPSA) is 162 Å². The van der Waals surface area contributed by atoms with E-state index in [-0.39, 0.29) is 34.1 Å². The zero-order valence-corrected chi connectivity index (χ0v) is 16.5. The van der Waals surface area contributed by atoms with Gasteiger partial charge in [-0.05, 0) is 18.2 Å². The number of nitriles is 1. The van der Waals surface area contributed by atoms with Crippen LogP contribution in [0.5, 0.6) is 5.75 Å². The van der Waals surface area contributed by atoms with E-state index in [9.17, 15) is 30.3 Å². The molecule has 160 valence electrons. The number of amides is 1. The van der Waals surface area contributed by atoms with Crippen molar-refractivity contribution in [2.45, 2.75) is 0 Å². The zero-order chi connectivity index (χ0) is 23.3. The lowest BCUT2D eigenvalue weighted by Crippen LogP contribution is -2.14. The number of ether oxygens (including phenoxy) is 1. The molecule has 0 aliphatic rings. The number of rotatable bonds is 7. The predicted octanol–water partition coefficient (Wildman–Crippen LogP) is 4.32. The van der Waals surface area contributed by atoms with E-state index < -0.39 is 15.8 Å². The molecule has 1 heterocycles. The predicted molar refractivity (Wildman–Crippen MR) is 113 cm³/mol. The van der Waals surface area contributed by atoms with Crippen LogP contribution in [0, 0.1) is 31.6 Å². The molecule has 0 saturated heterocycles. The number of hydrogen-bond donors (Lipinski definition) is 1. The molecule has 11 nitrogen and oxygen atoms in total. The Bertz CT molecular complexity index is 1290. The van der Waals surface area contributed by atoms with Gasteiger partial charge < -0.3 is 14.5 Å². The molecule has 0 atom stereocenters. The van der Waals surface area contributed by atoms with Crippen molar-refractivity contribution < 1.29 is 23.8 Å². The molecule has 32 heavy (non-hydrogen) atoms. The first kappa shape index (κ1) is 21.7. The van der Waals surface area contributed by atoms with Gasteiger partial charge in [-0.25, -0.2) is 0 Å². The van der Waals surface area contributed by atoms with Crippen LogP contribution in [0.25, 0.3) is 17.4 Å². The normalized spacial score (nSPS) is 10.8. The number of benzene rings is 2. The first-order chi connectivity index (χ1) is 15.3. The number of furan rings is 1. The second kappa shape index (κ2) is 9.23. The molecule has 0 radical (unpaired) electrons. The Morgan fingerprint density at radius 3 is 2.47 bits per heavy atom. The molecule has 2 aromatic carbocycles. The SMILES string of the molecule is COc1ccc([N+](=O)[O-])cc1NC(=O)/C(C#N)=C/c1ccc(-c2cccc([N+](=O)[O-])c2)o1. The van der Waals surface area contributed by atoms with E-state index in [2.05, 4.69) is 5.32 Å². The van der Waals surface area contributed by atoms with Gasteiger partial charge in [-0.3, -0.25) is 25.0 Å². The average molecular weight is 434 g/mol. The van der Waals surface area contributed by atoms with Crippen molar-refractivity contribution in [1.29, 1.82) is 5.26 Å². The lowest BCUT2D eigenvalue weighted by atomic mass is 10.1. The van der Waals surface area contributed by atoms with Crippen molar-refractivity contribution in [3.63, 3.8) is 0 Å². The lowest BCUT2D eigenvalue weighted by molar-refractivity contribution is -0.385. The largest absolute Gasteiger partial charge is 0.495 e. The molecule has 3 rings (SSSR count). The van der Waals surface area contributed by atoms with Gasteiger partial charge in [0.1, 0.15) is 28.9 Å². The summed E-state index contributed by atoms with van der Waals surface area (Å²) < 4.78 is 10.7. The van der Waals surface area contributed by atoms with Crippen LogP contribution in [0.15, 0.2) is 64.6 Å². The summed E-state index contributed by atoms with van der Waals surface area (Å²) in [4.78, 5) is 33.3. The molecular formula is C21H14N4O7. The van der Waals surface area contributed by atoms with Gasteiger partial charge in [-0.1, -0.05) is 12.1 Å². The maximum Gasteiger partial charge on any atom is 0.271 e. The molecule has 0 spiro atoms. The molecule has 1 aromatic heterocycles. The molecule has 11 heteroatoms. The summed E-state index contributed by atoms with van der Waals surface area (Å²) in [5, 5.41) is 33.7. The van der Waals surface area contributed by atoms with Gasteiger partial charge in [0, 0.05) is 35.9 Å². The van der Waals surface area contributed by atoms with Crippen LogP contribution >= 0.6 is 0 Å². The van der Waals surface area contributed by atoms with E-state index in [1.165, 1.54) is 49.6 Å². The van der Waals surface area contributed by atoms with Crippen LogP contribution in [0.3, 0.4) is 0 Å². The van der Waals surface area contributed by atoms with E-state index >= 15 is 0 Å². The Hall–Kier alpha value is -4.98. The number of nitro groups is 2. The second-order valence-corrected chi connectivity index (χ2v) is 6.28. The van der Waals surface area contributed by atoms with Crippen LogP contribution in [-0.2, 0) is 4.79 Å². The van der Waals surface area contributed by atoms with E-state index in [4.69, 9.17) is 9.15 Å². The van der Waals surface area contributed by atoms with E-state index in [1.807, 2.05) is 0 Å². The summed E-state index contributed by atoms with van der Waals surface area (Å²) in [6.07, 6.45) is 1.18. The van der Waals surface area contributed by atoms with Crippen LogP contribution in [0.4, 0.5) is 17.1 Å². The Labute approximate surface area is 180 Å². The number of methoxy groups -OCH3 is 1. The number of carbonyl (C=O) groups excluding carboxylic acids is 1. The molecule has 1 amide bonds. The first-order valence-corrected chi connectivity index (χ1v) is 8.92. The highest BCUT2D eigenvalue weighted by Crippen LogP contribution is 2.30. The second-order valence-electron chi connectivity index (χ2n) is 6.28. The van der Waals surface area contributed by atoms with E-state index in [0.29, 0.717) is 11.3 Å². The Balaban J connectivity index is 1.86. The third-order valence-corrected chi connectivity index (χ3v) is 4.26. The van der Waals surface area contributed by atoms with Crippen molar-refractivity contribution in [2.75, 3.05) is 12.4 Å². The number of hydrogen-bond acceptors (Lipinski definition) is 8. The number of nitro benzene ring substituents is 2. The van der Waals surface area contributed by atoms with Gasteiger partial charge in [0.05, 0.1) is 22.6 Å². The Kier molecular flexibility index (Phi) is 6.26. The van der Waals surface area contributed by atoms with Gasteiger partial charge in [-0.15, -0.1) is 0 Å². The van der Waals surface area contributed by atoms with Gasteiger partial charge >= 0.3 is 0 Å². The number of carbonyl (C=O) groups is 1. The lowest BCUT2D eigenvalue weighted by Gasteiger charge is -2.09. The standard InChI is InChI=1S/C21H14N4O7/c1-31-20-7-5-16(25(29)30)11-18(20)23-21(26)14(12-22)10-17-6-8-19(32-17)13-3-2-4-15(9-13)24(27)28/h2-11H,1H3,(H,23,26)/b14-10+. The average Bonchev–Trinajstić information content (AvgIpc) is 3.26. The highest BCUT2D eigenvalue weighted by molar-refractivity contribution is 6.10. The van der Waals surface area contributed by atoms with Gasteiger partial charge in [0.2, 0.25) is 0 Å². The summed E-state index contributed by atoms with van der Waals surface area (Å²) in [7, 11) is 1.33. The fraction of sp³-hybridized carbons (Fsp3) is 0.0476. The fourth-order valence-corrected chi connectivity index (χ4v) is 2.75. The summed E-state index contributed by atoms with van der Waals surface area (Å²) in [5.41, 5.74) is -0.249. The van der Waals surface area contributed by atoms with Crippen LogP contribution in [0.1, 0.15) is 5.76 Å². The van der Waals surface area contributed by atoms with Crippen LogP contribution in [0.2, 0.25) is 0 Å². The Morgan fingerprint density at radius 2 is 1.81 bits per heavy atom. The summed E-state index contributed by atoms with van der Waals surface area (Å²) in [6.45, 7) is 0. The summed E-state index contributed by atoms with van der Waals surface area (Å²) in [6, 6.07) is 14.2. The summed E-state index contributed by atoms with van der Waals surface area (Å²) in [5.74, 6) is -0.200.